The van der Waals surface area contributed by atoms with Gasteiger partial charge < -0.3 is 5.32 Å². The molecular formula is C11H17N3OS. The van der Waals surface area contributed by atoms with Crippen molar-refractivity contribution in [3.8, 4) is 0 Å². The zero-order valence-electron chi connectivity index (χ0n) is 9.86. The average molecular weight is 239 g/mol. The molecule has 1 aliphatic carbocycles. The zero-order chi connectivity index (χ0) is 11.7. The van der Waals surface area contributed by atoms with Gasteiger partial charge in [-0.15, -0.1) is 10.2 Å². The van der Waals surface area contributed by atoms with Crippen LogP contribution in [0.2, 0.25) is 0 Å². The molecule has 4 nitrogen and oxygen atoms in total. The normalized spacial score (nSPS) is 23.5. The molecule has 5 heteroatoms. The van der Waals surface area contributed by atoms with Gasteiger partial charge in [-0.25, -0.2) is 0 Å². The summed E-state index contributed by atoms with van der Waals surface area (Å²) in [6.45, 7) is 6.38. The fourth-order valence-electron chi connectivity index (χ4n) is 1.62. The van der Waals surface area contributed by atoms with Crippen LogP contribution < -0.4 is 5.32 Å². The number of amides is 1. The predicted octanol–water partition coefficient (Wildman–Crippen LogP) is 2.33. The first-order chi connectivity index (χ1) is 7.56. The molecule has 0 aliphatic heterocycles. The van der Waals surface area contributed by atoms with Gasteiger partial charge in [0, 0.05) is 12.3 Å². The van der Waals surface area contributed by atoms with Crippen molar-refractivity contribution >= 4 is 22.4 Å². The Morgan fingerprint density at radius 1 is 1.56 bits per heavy atom. The first-order valence-corrected chi connectivity index (χ1v) is 6.51. The Kier molecular flexibility index (Phi) is 3.23. The zero-order valence-corrected chi connectivity index (χ0v) is 10.7. The largest absolute Gasteiger partial charge is 0.300 e. The molecular weight excluding hydrogens is 222 g/mol. The summed E-state index contributed by atoms with van der Waals surface area (Å²) >= 11 is 1.48. The maximum Gasteiger partial charge on any atom is 0.229 e. The first kappa shape index (κ1) is 11.5. The third-order valence-corrected chi connectivity index (χ3v) is 3.59. The van der Waals surface area contributed by atoms with Crippen LogP contribution in [0.1, 0.15) is 32.2 Å². The number of nitrogens with one attached hydrogen (secondary N) is 1. The Balaban J connectivity index is 1.89. The third kappa shape index (κ3) is 2.78. The van der Waals surface area contributed by atoms with E-state index in [9.17, 15) is 4.79 Å². The molecule has 0 spiro atoms. The highest BCUT2D eigenvalue weighted by Gasteiger charge is 2.39. The van der Waals surface area contributed by atoms with E-state index in [1.807, 2.05) is 0 Å². The average Bonchev–Trinajstić information content (AvgIpc) is 2.76. The summed E-state index contributed by atoms with van der Waals surface area (Å²) in [5, 5.41) is 12.5. The molecule has 2 rings (SSSR count). The van der Waals surface area contributed by atoms with Gasteiger partial charge in [-0.3, -0.25) is 4.79 Å². The van der Waals surface area contributed by atoms with Crippen molar-refractivity contribution < 1.29 is 4.79 Å². The number of carbonyl (C=O) groups is 1. The van der Waals surface area contributed by atoms with Crippen LogP contribution in [0.25, 0.3) is 0 Å². The molecule has 1 aromatic heterocycles. The molecule has 1 N–H and O–H groups in total. The van der Waals surface area contributed by atoms with Crippen LogP contribution in [-0.4, -0.2) is 16.1 Å². The van der Waals surface area contributed by atoms with E-state index in [2.05, 4.69) is 36.3 Å². The Morgan fingerprint density at radius 2 is 2.25 bits per heavy atom. The highest BCUT2D eigenvalue weighted by molar-refractivity contribution is 7.15. The lowest BCUT2D eigenvalue weighted by Gasteiger charge is -1.98. The van der Waals surface area contributed by atoms with Crippen LogP contribution in [0.15, 0.2) is 0 Å². The monoisotopic (exact) mass is 239 g/mol. The number of hydrogen-bond acceptors (Lipinski definition) is 4. The molecule has 0 unspecified atom stereocenters. The van der Waals surface area contributed by atoms with E-state index in [0.29, 0.717) is 17.0 Å². The van der Waals surface area contributed by atoms with Gasteiger partial charge in [0.2, 0.25) is 11.0 Å². The Labute approximate surface area is 99.5 Å². The molecule has 0 radical (unpaired) electrons. The summed E-state index contributed by atoms with van der Waals surface area (Å²) < 4.78 is 0. The van der Waals surface area contributed by atoms with Crippen LogP contribution in [0.3, 0.4) is 0 Å². The van der Waals surface area contributed by atoms with E-state index in [4.69, 9.17) is 0 Å². The smallest absolute Gasteiger partial charge is 0.229 e. The van der Waals surface area contributed by atoms with Crippen molar-refractivity contribution in [1.29, 1.82) is 0 Å². The van der Waals surface area contributed by atoms with Gasteiger partial charge >= 0.3 is 0 Å². The fourth-order valence-corrected chi connectivity index (χ4v) is 2.58. The van der Waals surface area contributed by atoms with Crippen LogP contribution in [0.4, 0.5) is 5.13 Å². The topological polar surface area (TPSA) is 54.9 Å². The number of carbonyl (C=O) groups excluding carboxylic acids is 1. The summed E-state index contributed by atoms with van der Waals surface area (Å²) in [4.78, 5) is 11.6. The lowest BCUT2D eigenvalue weighted by Crippen LogP contribution is -2.14. The molecule has 0 bridgehead atoms. The van der Waals surface area contributed by atoms with E-state index in [1.165, 1.54) is 11.3 Å². The van der Waals surface area contributed by atoms with E-state index >= 15 is 0 Å². The molecule has 88 valence electrons. The summed E-state index contributed by atoms with van der Waals surface area (Å²) in [5.41, 5.74) is 0. The van der Waals surface area contributed by atoms with E-state index in [0.717, 1.165) is 17.8 Å². The third-order valence-electron chi connectivity index (χ3n) is 2.73. The summed E-state index contributed by atoms with van der Waals surface area (Å²) in [6, 6.07) is 0. The number of aromatic nitrogens is 2. The minimum absolute atomic E-state index is 0.0970. The van der Waals surface area contributed by atoms with Crippen LogP contribution in [0, 0.1) is 17.8 Å². The van der Waals surface area contributed by atoms with Gasteiger partial charge in [0.15, 0.2) is 0 Å². The predicted molar refractivity (Wildman–Crippen MR) is 64.4 cm³/mol. The maximum absolute atomic E-state index is 11.6. The van der Waals surface area contributed by atoms with Crippen molar-refractivity contribution in [1.82, 2.24) is 10.2 Å². The van der Waals surface area contributed by atoms with Gasteiger partial charge in [-0.1, -0.05) is 32.1 Å². The quantitative estimate of drug-likeness (QED) is 0.877. The second-order valence-corrected chi connectivity index (χ2v) is 5.97. The molecule has 16 heavy (non-hydrogen) atoms. The Bertz CT molecular complexity index is 388. The minimum Gasteiger partial charge on any atom is -0.300 e. The molecule has 0 aromatic carbocycles. The number of anilines is 1. The maximum atomic E-state index is 11.6. The van der Waals surface area contributed by atoms with Crippen molar-refractivity contribution in [2.24, 2.45) is 17.8 Å². The van der Waals surface area contributed by atoms with Gasteiger partial charge in [-0.2, -0.15) is 0 Å². The molecule has 1 aliphatic rings. The molecule has 1 heterocycles. The van der Waals surface area contributed by atoms with Crippen LogP contribution in [-0.2, 0) is 11.2 Å². The fraction of sp³-hybridized carbons (Fsp3) is 0.727. The molecule has 1 aromatic rings. The first-order valence-electron chi connectivity index (χ1n) is 5.69. The van der Waals surface area contributed by atoms with Gasteiger partial charge in [0.05, 0.1) is 0 Å². The second-order valence-electron chi connectivity index (χ2n) is 4.91. The molecule has 1 fully saturated rings. The molecule has 0 saturated heterocycles. The van der Waals surface area contributed by atoms with Crippen LogP contribution in [0.5, 0.6) is 0 Å². The minimum atomic E-state index is 0.0970. The summed E-state index contributed by atoms with van der Waals surface area (Å²) in [5.74, 6) is 1.39. The van der Waals surface area contributed by atoms with E-state index in [1.54, 1.807) is 0 Å². The SMILES string of the molecule is CC(C)Cc1nnc(NC(=O)[C@H]2C[C@@H]2C)s1. The van der Waals surface area contributed by atoms with Crippen molar-refractivity contribution in [2.75, 3.05) is 5.32 Å². The number of nitrogens with zero attached hydrogens (tertiary/aromatic N) is 2. The summed E-state index contributed by atoms with van der Waals surface area (Å²) in [6.07, 6.45) is 1.93. The highest BCUT2D eigenvalue weighted by Crippen LogP contribution is 2.38. The van der Waals surface area contributed by atoms with Gasteiger partial charge in [-0.05, 0) is 18.3 Å². The molecule has 2 atom stereocenters. The molecule has 1 amide bonds. The Morgan fingerprint density at radius 3 is 2.81 bits per heavy atom. The second kappa shape index (κ2) is 4.49. The van der Waals surface area contributed by atoms with E-state index < -0.39 is 0 Å². The van der Waals surface area contributed by atoms with Crippen molar-refractivity contribution in [3.63, 3.8) is 0 Å². The highest BCUT2D eigenvalue weighted by atomic mass is 32.1. The Hall–Kier alpha value is -0.970. The lowest BCUT2D eigenvalue weighted by molar-refractivity contribution is -0.117. The standard InChI is InChI=1S/C11H17N3OS/c1-6(2)4-9-13-14-11(16-9)12-10(15)8-5-7(8)3/h6-8H,4-5H2,1-3H3,(H,12,14,15)/t7-,8-/m0/s1. The van der Waals surface area contributed by atoms with Gasteiger partial charge in [0.25, 0.3) is 0 Å². The van der Waals surface area contributed by atoms with Gasteiger partial charge in [0.1, 0.15) is 5.01 Å². The summed E-state index contributed by atoms with van der Waals surface area (Å²) in [7, 11) is 0. The number of rotatable bonds is 4. The molecule has 1 saturated carbocycles. The lowest BCUT2D eigenvalue weighted by atomic mass is 10.1. The van der Waals surface area contributed by atoms with E-state index in [-0.39, 0.29) is 11.8 Å². The van der Waals surface area contributed by atoms with Crippen molar-refractivity contribution in [2.45, 2.75) is 33.6 Å². The van der Waals surface area contributed by atoms with Crippen LogP contribution >= 0.6 is 11.3 Å². The van der Waals surface area contributed by atoms with Crippen molar-refractivity contribution in [3.05, 3.63) is 5.01 Å². The number of hydrogen-bond donors (Lipinski definition) is 1.